The van der Waals surface area contributed by atoms with Crippen molar-refractivity contribution in [3.8, 4) is 5.75 Å². The molecule has 5 heteroatoms. The van der Waals surface area contributed by atoms with Gasteiger partial charge in [-0.15, -0.1) is 0 Å². The average Bonchev–Trinajstić information content (AvgIpc) is 2.81. The van der Waals surface area contributed by atoms with Crippen molar-refractivity contribution in [3.63, 3.8) is 0 Å². The summed E-state index contributed by atoms with van der Waals surface area (Å²) in [5.41, 5.74) is 3.06. The van der Waals surface area contributed by atoms with Gasteiger partial charge >= 0.3 is 5.97 Å². The fourth-order valence-corrected chi connectivity index (χ4v) is 3.02. The van der Waals surface area contributed by atoms with Crippen LogP contribution < -0.4 is 9.64 Å². The number of hydrogen-bond acceptors (Lipinski definition) is 5. The Labute approximate surface area is 185 Å². The molecule has 2 rings (SSSR count). The molecule has 0 aliphatic heterocycles. The highest BCUT2D eigenvalue weighted by molar-refractivity contribution is 6.16. The Morgan fingerprint density at radius 2 is 1.58 bits per heavy atom. The van der Waals surface area contributed by atoms with Crippen LogP contribution in [-0.4, -0.2) is 33.3 Å². The van der Waals surface area contributed by atoms with E-state index in [1.807, 2.05) is 50.2 Å². The lowest BCUT2D eigenvalue weighted by molar-refractivity contribution is -0.133. The summed E-state index contributed by atoms with van der Waals surface area (Å²) in [6, 6.07) is 15.6. The number of carbonyl (C=O) groups excluding carboxylic acids is 1. The SMILES string of the molecule is CC=CCN(CC=CC)c1ccc(OCc2ccccc2C(=COC)C(=O)OC)cc1. The number of rotatable bonds is 11. The molecule has 5 nitrogen and oxygen atoms in total. The van der Waals surface area contributed by atoms with Crippen molar-refractivity contribution < 1.29 is 19.0 Å². The molecule has 0 saturated carbocycles. The fourth-order valence-electron chi connectivity index (χ4n) is 3.02. The molecular weight excluding hydrogens is 390 g/mol. The van der Waals surface area contributed by atoms with Gasteiger partial charge in [0.2, 0.25) is 0 Å². The number of nitrogens with zero attached hydrogens (tertiary/aromatic N) is 1. The number of ether oxygens (including phenoxy) is 3. The van der Waals surface area contributed by atoms with Gasteiger partial charge in [-0.3, -0.25) is 0 Å². The van der Waals surface area contributed by atoms with E-state index in [0.717, 1.165) is 35.7 Å². The topological polar surface area (TPSA) is 48.0 Å². The van der Waals surface area contributed by atoms with Gasteiger partial charge in [-0.05, 0) is 49.2 Å². The third-order valence-corrected chi connectivity index (χ3v) is 4.67. The largest absolute Gasteiger partial charge is 0.503 e. The van der Waals surface area contributed by atoms with Crippen LogP contribution in [0.3, 0.4) is 0 Å². The molecule has 0 saturated heterocycles. The summed E-state index contributed by atoms with van der Waals surface area (Å²) in [6.45, 7) is 6.05. The van der Waals surface area contributed by atoms with Crippen LogP contribution in [0.5, 0.6) is 5.75 Å². The molecule has 0 amide bonds. The maximum absolute atomic E-state index is 12.2. The summed E-state index contributed by atoms with van der Waals surface area (Å²) in [5.74, 6) is 0.298. The molecule has 31 heavy (non-hydrogen) atoms. The Kier molecular flexibility index (Phi) is 9.95. The van der Waals surface area contributed by atoms with Crippen molar-refractivity contribution in [1.82, 2.24) is 0 Å². The lowest BCUT2D eigenvalue weighted by Gasteiger charge is -2.22. The monoisotopic (exact) mass is 421 g/mol. The van der Waals surface area contributed by atoms with Gasteiger partial charge in [0.15, 0.2) is 0 Å². The minimum atomic E-state index is -0.457. The highest BCUT2D eigenvalue weighted by Crippen LogP contribution is 2.24. The summed E-state index contributed by atoms with van der Waals surface area (Å²) < 4.78 is 16.0. The van der Waals surface area contributed by atoms with E-state index in [-0.39, 0.29) is 0 Å². The first-order chi connectivity index (χ1) is 15.1. The summed E-state index contributed by atoms with van der Waals surface area (Å²) in [5, 5.41) is 0. The molecule has 0 aliphatic rings. The molecule has 0 aromatic heterocycles. The van der Waals surface area contributed by atoms with E-state index >= 15 is 0 Å². The molecule has 0 radical (unpaired) electrons. The third-order valence-electron chi connectivity index (χ3n) is 4.67. The molecule has 2 aromatic carbocycles. The molecular formula is C26H31NO4. The normalized spacial score (nSPS) is 11.7. The Morgan fingerprint density at radius 3 is 2.16 bits per heavy atom. The van der Waals surface area contributed by atoms with Crippen LogP contribution in [0.25, 0.3) is 5.57 Å². The summed E-state index contributed by atoms with van der Waals surface area (Å²) in [7, 11) is 2.85. The predicted molar refractivity (Wildman–Crippen MR) is 126 cm³/mol. The molecule has 0 N–H and O–H groups in total. The number of methoxy groups -OCH3 is 2. The average molecular weight is 422 g/mol. The quantitative estimate of drug-likeness (QED) is 0.211. The van der Waals surface area contributed by atoms with Gasteiger partial charge in [0.05, 0.1) is 20.5 Å². The highest BCUT2D eigenvalue weighted by Gasteiger charge is 2.17. The number of benzene rings is 2. The van der Waals surface area contributed by atoms with Crippen LogP contribution in [0, 0.1) is 0 Å². The van der Waals surface area contributed by atoms with Crippen LogP contribution in [-0.2, 0) is 20.9 Å². The van der Waals surface area contributed by atoms with Gasteiger partial charge in [0.1, 0.15) is 17.9 Å². The Balaban J connectivity index is 2.15. The number of allylic oxidation sites excluding steroid dienone is 2. The van der Waals surface area contributed by atoms with Crippen LogP contribution in [0.2, 0.25) is 0 Å². The minimum absolute atomic E-state index is 0.314. The lowest BCUT2D eigenvalue weighted by atomic mass is 10.0. The number of hydrogen-bond donors (Lipinski definition) is 0. The molecule has 0 fully saturated rings. The zero-order chi connectivity index (χ0) is 22.5. The van der Waals surface area contributed by atoms with E-state index in [1.165, 1.54) is 20.5 Å². The Morgan fingerprint density at radius 1 is 0.935 bits per heavy atom. The maximum atomic E-state index is 12.2. The molecule has 0 bridgehead atoms. The summed E-state index contributed by atoms with van der Waals surface area (Å²) >= 11 is 0. The minimum Gasteiger partial charge on any atom is -0.503 e. The molecule has 0 heterocycles. The first-order valence-corrected chi connectivity index (χ1v) is 10.2. The van der Waals surface area contributed by atoms with Crippen LogP contribution in [0.15, 0.2) is 79.1 Å². The summed E-state index contributed by atoms with van der Waals surface area (Å²) in [4.78, 5) is 14.4. The van der Waals surface area contributed by atoms with E-state index in [9.17, 15) is 4.79 Å². The lowest BCUT2D eigenvalue weighted by Crippen LogP contribution is -2.23. The molecule has 2 aromatic rings. The van der Waals surface area contributed by atoms with E-state index in [1.54, 1.807) is 0 Å². The first kappa shape index (κ1) is 23.8. The number of carbonyl (C=O) groups is 1. The van der Waals surface area contributed by atoms with Gasteiger partial charge in [-0.1, -0.05) is 48.6 Å². The van der Waals surface area contributed by atoms with Gasteiger partial charge < -0.3 is 19.1 Å². The van der Waals surface area contributed by atoms with Crippen molar-refractivity contribution in [1.29, 1.82) is 0 Å². The Hall–Kier alpha value is -3.47. The second kappa shape index (κ2) is 13.0. The van der Waals surface area contributed by atoms with Crippen molar-refractivity contribution in [2.45, 2.75) is 20.5 Å². The zero-order valence-corrected chi connectivity index (χ0v) is 18.7. The van der Waals surface area contributed by atoms with Crippen molar-refractivity contribution in [2.75, 3.05) is 32.2 Å². The molecule has 0 aliphatic carbocycles. The van der Waals surface area contributed by atoms with Gasteiger partial charge in [0.25, 0.3) is 0 Å². The maximum Gasteiger partial charge on any atom is 0.341 e. The summed E-state index contributed by atoms with van der Waals surface area (Å²) in [6.07, 6.45) is 9.77. The molecule has 0 spiro atoms. The van der Waals surface area contributed by atoms with Gasteiger partial charge in [-0.25, -0.2) is 4.79 Å². The van der Waals surface area contributed by atoms with E-state index in [2.05, 4.69) is 41.3 Å². The fraction of sp³-hybridized carbons (Fsp3) is 0.269. The van der Waals surface area contributed by atoms with Crippen LogP contribution in [0.1, 0.15) is 25.0 Å². The zero-order valence-electron chi connectivity index (χ0n) is 18.7. The van der Waals surface area contributed by atoms with E-state index in [4.69, 9.17) is 14.2 Å². The molecule has 0 unspecified atom stereocenters. The highest BCUT2D eigenvalue weighted by atomic mass is 16.5. The number of esters is 1. The number of anilines is 1. The Bertz CT molecular complexity index is 899. The van der Waals surface area contributed by atoms with Gasteiger partial charge in [-0.2, -0.15) is 0 Å². The standard InChI is InChI=1S/C26H31NO4/c1-5-7-17-27(18-8-6-2)22-13-15-23(16-14-22)31-19-21-11-9-10-12-24(21)25(20-29-3)26(28)30-4/h5-16,20H,17-19H2,1-4H3. The molecule has 0 atom stereocenters. The third kappa shape index (κ3) is 7.07. The van der Waals surface area contributed by atoms with Crippen LogP contribution in [0.4, 0.5) is 5.69 Å². The van der Waals surface area contributed by atoms with Crippen molar-refractivity contribution in [2.24, 2.45) is 0 Å². The first-order valence-electron chi connectivity index (χ1n) is 10.2. The second-order valence-electron chi connectivity index (χ2n) is 6.74. The van der Waals surface area contributed by atoms with E-state index in [0.29, 0.717) is 12.2 Å². The van der Waals surface area contributed by atoms with Crippen molar-refractivity contribution in [3.05, 3.63) is 90.2 Å². The van der Waals surface area contributed by atoms with E-state index < -0.39 is 5.97 Å². The predicted octanol–water partition coefficient (Wildman–Crippen LogP) is 5.38. The van der Waals surface area contributed by atoms with Gasteiger partial charge in [0, 0.05) is 18.8 Å². The van der Waals surface area contributed by atoms with Crippen LogP contribution >= 0.6 is 0 Å². The second-order valence-corrected chi connectivity index (χ2v) is 6.74. The molecule has 164 valence electrons. The van der Waals surface area contributed by atoms with Crippen molar-refractivity contribution >= 4 is 17.2 Å². The smallest absolute Gasteiger partial charge is 0.341 e.